The van der Waals surface area contributed by atoms with E-state index < -0.39 is 0 Å². The minimum atomic E-state index is 0.181. The molecule has 0 unspecified atom stereocenters. The van der Waals surface area contributed by atoms with E-state index in [4.69, 9.17) is 4.74 Å². The Morgan fingerprint density at radius 3 is 1.94 bits per heavy atom. The fourth-order valence-electron chi connectivity index (χ4n) is 1.81. The van der Waals surface area contributed by atoms with Gasteiger partial charge in [0.25, 0.3) is 0 Å². The van der Waals surface area contributed by atoms with Crippen molar-refractivity contribution in [3.8, 4) is 0 Å². The number of likely N-dealkylation sites (N-methyl/N-ethyl adjacent to an activating group) is 1. The van der Waals surface area contributed by atoms with Crippen LogP contribution in [0.2, 0.25) is 0 Å². The lowest BCUT2D eigenvalue weighted by molar-refractivity contribution is 0.0731. The molecule has 0 saturated carbocycles. The Balaban J connectivity index is 4.57. The van der Waals surface area contributed by atoms with E-state index in [-0.39, 0.29) is 11.5 Å². The van der Waals surface area contributed by atoms with E-state index >= 15 is 0 Å². The van der Waals surface area contributed by atoms with E-state index in [1.807, 2.05) is 0 Å². The van der Waals surface area contributed by atoms with Crippen molar-refractivity contribution in [3.63, 3.8) is 0 Å². The summed E-state index contributed by atoms with van der Waals surface area (Å²) in [6.07, 6.45) is 0. The minimum absolute atomic E-state index is 0.181. The standard InChI is InChI=1S/C15H31NO/c1-11(2)12(3)14(16(8)9)13(4)17-10-15(5,6)7/h11-12,14H,4,10H2,1-3,5-9H3/t12-,14-/m0/s1. The Hall–Kier alpha value is -0.500. The summed E-state index contributed by atoms with van der Waals surface area (Å²) in [5, 5.41) is 0. The molecule has 0 N–H and O–H groups in total. The Morgan fingerprint density at radius 2 is 1.65 bits per heavy atom. The molecule has 0 amide bonds. The molecule has 0 radical (unpaired) electrons. The maximum absolute atomic E-state index is 5.87. The first-order valence-corrected chi connectivity index (χ1v) is 6.54. The number of rotatable bonds is 6. The van der Waals surface area contributed by atoms with Crippen LogP contribution in [0.5, 0.6) is 0 Å². The lowest BCUT2D eigenvalue weighted by Gasteiger charge is -2.34. The summed E-state index contributed by atoms with van der Waals surface area (Å²) >= 11 is 0. The average Bonchev–Trinajstić information content (AvgIpc) is 2.13. The zero-order valence-corrected chi connectivity index (χ0v) is 13.0. The van der Waals surface area contributed by atoms with Crippen molar-refractivity contribution in [1.82, 2.24) is 4.90 Å². The van der Waals surface area contributed by atoms with E-state index in [9.17, 15) is 0 Å². The van der Waals surface area contributed by atoms with Gasteiger partial charge in [-0.25, -0.2) is 0 Å². The molecule has 0 aliphatic rings. The van der Waals surface area contributed by atoms with Gasteiger partial charge in [-0.3, -0.25) is 4.90 Å². The summed E-state index contributed by atoms with van der Waals surface area (Å²) in [4.78, 5) is 2.20. The molecule has 0 aliphatic carbocycles. The minimum Gasteiger partial charge on any atom is -0.496 e. The lowest BCUT2D eigenvalue weighted by Crippen LogP contribution is -2.39. The first-order chi connectivity index (χ1) is 7.56. The van der Waals surface area contributed by atoms with E-state index in [1.165, 1.54) is 0 Å². The highest BCUT2D eigenvalue weighted by atomic mass is 16.5. The smallest absolute Gasteiger partial charge is 0.106 e. The molecule has 0 aromatic carbocycles. The van der Waals surface area contributed by atoms with Crippen LogP contribution in [-0.4, -0.2) is 31.6 Å². The van der Waals surface area contributed by atoms with Gasteiger partial charge < -0.3 is 4.74 Å². The van der Waals surface area contributed by atoms with Gasteiger partial charge in [0.15, 0.2) is 0 Å². The van der Waals surface area contributed by atoms with Crippen molar-refractivity contribution in [2.75, 3.05) is 20.7 Å². The maximum atomic E-state index is 5.87. The zero-order chi connectivity index (χ0) is 13.8. The van der Waals surface area contributed by atoms with Crippen LogP contribution >= 0.6 is 0 Å². The summed E-state index contributed by atoms with van der Waals surface area (Å²) in [6, 6.07) is 0.289. The van der Waals surface area contributed by atoms with Gasteiger partial charge in [-0.05, 0) is 31.3 Å². The molecule has 0 bridgehead atoms. The van der Waals surface area contributed by atoms with Crippen LogP contribution in [0.3, 0.4) is 0 Å². The molecule has 0 saturated heterocycles. The maximum Gasteiger partial charge on any atom is 0.106 e. The van der Waals surface area contributed by atoms with Crippen LogP contribution in [0.4, 0.5) is 0 Å². The SMILES string of the molecule is C=C(OCC(C)(C)C)[C@H]([C@@H](C)C(C)C)N(C)C. The van der Waals surface area contributed by atoms with Gasteiger partial charge in [0.05, 0.1) is 12.6 Å². The molecule has 0 rings (SSSR count). The van der Waals surface area contributed by atoms with Crippen LogP contribution in [0.15, 0.2) is 12.3 Å². The average molecular weight is 241 g/mol. The highest BCUT2D eigenvalue weighted by Crippen LogP contribution is 2.25. The van der Waals surface area contributed by atoms with E-state index in [0.717, 1.165) is 12.4 Å². The highest BCUT2D eigenvalue weighted by Gasteiger charge is 2.26. The van der Waals surface area contributed by atoms with Gasteiger partial charge in [0.2, 0.25) is 0 Å². The Bertz CT molecular complexity index is 238. The largest absolute Gasteiger partial charge is 0.496 e. The Kier molecular flexibility index (Phi) is 6.25. The third-order valence-electron chi connectivity index (χ3n) is 3.13. The molecule has 0 aliphatic heterocycles. The van der Waals surface area contributed by atoms with Crippen LogP contribution in [0.1, 0.15) is 41.5 Å². The number of hydrogen-bond acceptors (Lipinski definition) is 2. The second-order valence-electron chi connectivity index (χ2n) is 6.83. The molecule has 17 heavy (non-hydrogen) atoms. The van der Waals surface area contributed by atoms with Gasteiger partial charge in [-0.1, -0.05) is 48.1 Å². The van der Waals surface area contributed by atoms with Crippen molar-refractivity contribution >= 4 is 0 Å². The topological polar surface area (TPSA) is 12.5 Å². The molecule has 0 fully saturated rings. The molecule has 0 heterocycles. The molecular weight excluding hydrogens is 210 g/mol. The lowest BCUT2D eigenvalue weighted by atomic mass is 9.88. The normalized spacial score (nSPS) is 16.1. The summed E-state index contributed by atoms with van der Waals surface area (Å²) in [5.41, 5.74) is 0.181. The van der Waals surface area contributed by atoms with Crippen LogP contribution in [0.25, 0.3) is 0 Å². The van der Waals surface area contributed by atoms with Gasteiger partial charge in [0.1, 0.15) is 5.76 Å². The van der Waals surface area contributed by atoms with Crippen molar-refractivity contribution in [2.45, 2.75) is 47.6 Å². The van der Waals surface area contributed by atoms with Crippen molar-refractivity contribution in [3.05, 3.63) is 12.3 Å². The fraction of sp³-hybridized carbons (Fsp3) is 0.867. The summed E-state index contributed by atoms with van der Waals surface area (Å²) in [5.74, 6) is 2.06. The second kappa shape index (κ2) is 6.44. The molecule has 0 spiro atoms. The molecule has 2 heteroatoms. The highest BCUT2D eigenvalue weighted by molar-refractivity contribution is 5.00. The van der Waals surface area contributed by atoms with Crippen LogP contribution in [0, 0.1) is 17.3 Å². The van der Waals surface area contributed by atoms with Crippen molar-refractivity contribution in [2.24, 2.45) is 17.3 Å². The van der Waals surface area contributed by atoms with Gasteiger partial charge in [0, 0.05) is 0 Å². The van der Waals surface area contributed by atoms with Crippen LogP contribution in [-0.2, 0) is 4.74 Å². The monoisotopic (exact) mass is 241 g/mol. The molecule has 0 aromatic rings. The Morgan fingerprint density at radius 1 is 1.18 bits per heavy atom. The molecular formula is C15H31NO. The summed E-state index contributed by atoms with van der Waals surface area (Å²) < 4.78 is 5.87. The predicted octanol–water partition coefficient (Wildman–Crippen LogP) is 3.79. The zero-order valence-electron chi connectivity index (χ0n) is 13.0. The van der Waals surface area contributed by atoms with Crippen molar-refractivity contribution in [1.29, 1.82) is 0 Å². The predicted molar refractivity (Wildman–Crippen MR) is 76.0 cm³/mol. The second-order valence-corrected chi connectivity index (χ2v) is 6.83. The van der Waals surface area contributed by atoms with Crippen molar-refractivity contribution < 1.29 is 4.74 Å². The summed E-state index contributed by atoms with van der Waals surface area (Å²) in [6.45, 7) is 18.1. The van der Waals surface area contributed by atoms with Gasteiger partial charge >= 0.3 is 0 Å². The Labute approximate surface area is 108 Å². The van der Waals surface area contributed by atoms with Gasteiger partial charge in [-0.2, -0.15) is 0 Å². The fourth-order valence-corrected chi connectivity index (χ4v) is 1.81. The molecule has 2 atom stereocenters. The third-order valence-corrected chi connectivity index (χ3v) is 3.13. The van der Waals surface area contributed by atoms with E-state index in [0.29, 0.717) is 11.8 Å². The van der Waals surface area contributed by atoms with E-state index in [1.54, 1.807) is 0 Å². The number of hydrogen-bond donors (Lipinski definition) is 0. The third kappa shape index (κ3) is 6.11. The molecule has 0 aromatic heterocycles. The number of nitrogens with zero attached hydrogens (tertiary/aromatic N) is 1. The quantitative estimate of drug-likeness (QED) is 0.656. The first-order valence-electron chi connectivity index (χ1n) is 6.54. The van der Waals surface area contributed by atoms with Gasteiger partial charge in [-0.15, -0.1) is 0 Å². The summed E-state index contributed by atoms with van der Waals surface area (Å²) in [7, 11) is 4.18. The first kappa shape index (κ1) is 16.5. The molecule has 2 nitrogen and oxygen atoms in total. The van der Waals surface area contributed by atoms with E-state index in [2.05, 4.69) is 67.1 Å². The van der Waals surface area contributed by atoms with Crippen LogP contribution < -0.4 is 0 Å². The molecule has 102 valence electrons. The number of ether oxygens (including phenoxy) is 1.